The Labute approximate surface area is 117 Å². The van der Waals surface area contributed by atoms with E-state index in [1.54, 1.807) is 0 Å². The van der Waals surface area contributed by atoms with Crippen LogP contribution in [0.5, 0.6) is 0 Å². The van der Waals surface area contributed by atoms with E-state index in [0.717, 1.165) is 11.1 Å². The Morgan fingerprint density at radius 3 is 2.70 bits per heavy atom. The molecule has 1 aromatic heterocycles. The van der Waals surface area contributed by atoms with Crippen LogP contribution in [0.1, 0.15) is 6.42 Å². The molecule has 12 heteroatoms. The minimum Gasteiger partial charge on any atom is -0.289 e. The van der Waals surface area contributed by atoms with E-state index in [-0.39, 0.29) is 24.1 Å². The predicted octanol–water partition coefficient (Wildman–Crippen LogP) is -0.568. The van der Waals surface area contributed by atoms with E-state index in [2.05, 4.69) is 9.97 Å². The SMILES string of the molecule is NS(=O)(=O)C1CC(=O)N(c2nc(Cl)ncc2[N+](=O)[O-])C1. The maximum atomic E-state index is 11.8. The minimum absolute atomic E-state index is 0.294. The third-order valence-corrected chi connectivity index (χ3v) is 4.15. The molecule has 1 aliphatic rings. The van der Waals surface area contributed by atoms with Crippen LogP contribution in [0, 0.1) is 10.1 Å². The quantitative estimate of drug-likeness (QED) is 0.445. The van der Waals surface area contributed by atoms with E-state index in [4.69, 9.17) is 16.7 Å². The second-order valence-corrected chi connectivity index (χ2v) is 6.21. The van der Waals surface area contributed by atoms with Crippen LogP contribution in [0.25, 0.3) is 0 Å². The van der Waals surface area contributed by atoms with E-state index >= 15 is 0 Å². The van der Waals surface area contributed by atoms with Gasteiger partial charge in [0.2, 0.25) is 27.0 Å². The van der Waals surface area contributed by atoms with Crippen molar-refractivity contribution in [1.29, 1.82) is 0 Å². The number of nitro groups is 1. The van der Waals surface area contributed by atoms with Crippen molar-refractivity contribution in [3.05, 3.63) is 21.6 Å². The van der Waals surface area contributed by atoms with Crippen molar-refractivity contribution in [3.63, 3.8) is 0 Å². The summed E-state index contributed by atoms with van der Waals surface area (Å²) >= 11 is 5.55. The van der Waals surface area contributed by atoms with Gasteiger partial charge >= 0.3 is 5.69 Å². The molecule has 1 atom stereocenters. The summed E-state index contributed by atoms with van der Waals surface area (Å²) in [5.41, 5.74) is -0.544. The van der Waals surface area contributed by atoms with Crippen molar-refractivity contribution in [2.24, 2.45) is 5.14 Å². The molecular formula is C8H8ClN5O5S. The van der Waals surface area contributed by atoms with Gasteiger partial charge in [0.05, 0.1) is 4.92 Å². The molecule has 0 radical (unpaired) electrons. The van der Waals surface area contributed by atoms with Crippen LogP contribution in [0.4, 0.5) is 11.5 Å². The van der Waals surface area contributed by atoms with Crippen LogP contribution >= 0.6 is 11.6 Å². The summed E-state index contributed by atoms with van der Waals surface area (Å²) in [7, 11) is -3.93. The number of nitrogens with zero attached hydrogens (tertiary/aromatic N) is 4. The summed E-state index contributed by atoms with van der Waals surface area (Å²) in [6.07, 6.45) is 0.486. The number of nitrogens with two attached hydrogens (primary N) is 1. The van der Waals surface area contributed by atoms with Crippen molar-refractivity contribution in [2.45, 2.75) is 11.7 Å². The van der Waals surface area contributed by atoms with Crippen LogP contribution in [0.15, 0.2) is 6.20 Å². The molecule has 108 valence electrons. The molecule has 1 aromatic rings. The number of sulfonamides is 1. The summed E-state index contributed by atoms with van der Waals surface area (Å²) < 4.78 is 22.5. The van der Waals surface area contributed by atoms with Crippen LogP contribution in [-0.4, -0.2) is 41.0 Å². The van der Waals surface area contributed by atoms with Crippen molar-refractivity contribution in [3.8, 4) is 0 Å². The van der Waals surface area contributed by atoms with E-state index in [9.17, 15) is 23.3 Å². The van der Waals surface area contributed by atoms with E-state index < -0.39 is 31.8 Å². The molecule has 1 unspecified atom stereocenters. The number of rotatable bonds is 3. The maximum Gasteiger partial charge on any atom is 0.330 e. The van der Waals surface area contributed by atoms with Crippen LogP contribution in [-0.2, 0) is 14.8 Å². The van der Waals surface area contributed by atoms with Gasteiger partial charge in [-0.15, -0.1) is 0 Å². The van der Waals surface area contributed by atoms with Gasteiger partial charge in [0, 0.05) is 13.0 Å². The van der Waals surface area contributed by atoms with Gasteiger partial charge in [-0.05, 0) is 11.6 Å². The van der Waals surface area contributed by atoms with Gasteiger partial charge in [-0.1, -0.05) is 0 Å². The first-order valence-corrected chi connectivity index (χ1v) is 7.18. The molecule has 2 rings (SSSR count). The summed E-state index contributed by atoms with van der Waals surface area (Å²) in [5.74, 6) is -0.979. The third kappa shape index (κ3) is 2.69. The summed E-state index contributed by atoms with van der Waals surface area (Å²) in [6.45, 7) is -0.314. The fraction of sp³-hybridized carbons (Fsp3) is 0.375. The molecule has 1 fully saturated rings. The highest BCUT2D eigenvalue weighted by atomic mass is 35.5. The number of aromatic nitrogens is 2. The normalized spacial score (nSPS) is 19.4. The van der Waals surface area contributed by atoms with Gasteiger partial charge in [0.25, 0.3) is 0 Å². The molecule has 0 bridgehead atoms. The number of halogens is 1. The smallest absolute Gasteiger partial charge is 0.289 e. The van der Waals surface area contributed by atoms with Crippen molar-refractivity contribution in [2.75, 3.05) is 11.4 Å². The highest BCUT2D eigenvalue weighted by Crippen LogP contribution is 2.30. The molecular weight excluding hydrogens is 314 g/mol. The zero-order valence-corrected chi connectivity index (χ0v) is 11.3. The van der Waals surface area contributed by atoms with Gasteiger partial charge in [0.15, 0.2) is 0 Å². The molecule has 1 aliphatic heterocycles. The Hall–Kier alpha value is -1.85. The van der Waals surface area contributed by atoms with Crippen molar-refractivity contribution in [1.82, 2.24) is 9.97 Å². The first kappa shape index (κ1) is 14.6. The Kier molecular flexibility index (Phi) is 3.58. The molecule has 2 N–H and O–H groups in total. The lowest BCUT2D eigenvalue weighted by Crippen LogP contribution is -2.32. The van der Waals surface area contributed by atoms with Crippen molar-refractivity contribution >= 4 is 39.0 Å². The summed E-state index contributed by atoms with van der Waals surface area (Å²) in [4.78, 5) is 29.8. The molecule has 0 aromatic carbocycles. The average molecular weight is 322 g/mol. The number of primary sulfonamides is 1. The first-order valence-electron chi connectivity index (χ1n) is 5.19. The van der Waals surface area contributed by atoms with Crippen LogP contribution in [0.3, 0.4) is 0 Å². The number of carbonyl (C=O) groups excluding carboxylic acids is 1. The second kappa shape index (κ2) is 4.92. The Morgan fingerprint density at radius 2 is 2.20 bits per heavy atom. The lowest BCUT2D eigenvalue weighted by atomic mass is 10.4. The molecule has 20 heavy (non-hydrogen) atoms. The molecule has 1 amide bonds. The van der Waals surface area contributed by atoms with E-state index in [0.29, 0.717) is 0 Å². The first-order chi connectivity index (χ1) is 9.20. The van der Waals surface area contributed by atoms with Crippen molar-refractivity contribution < 1.29 is 18.1 Å². The molecule has 1 saturated heterocycles. The van der Waals surface area contributed by atoms with Gasteiger partial charge in [-0.25, -0.2) is 18.5 Å². The van der Waals surface area contributed by atoms with Crippen LogP contribution in [0.2, 0.25) is 5.28 Å². The maximum absolute atomic E-state index is 11.8. The standard InChI is InChI=1S/C8H8ClN5O5S/c9-8-11-2-5(14(16)17)7(12-8)13-3-4(1-6(13)15)20(10,18)19/h2,4H,1,3H2,(H2,10,18,19). The highest BCUT2D eigenvalue weighted by molar-refractivity contribution is 7.89. The average Bonchev–Trinajstić information content (AvgIpc) is 2.70. The second-order valence-electron chi connectivity index (χ2n) is 4.02. The molecule has 0 aliphatic carbocycles. The molecule has 0 saturated carbocycles. The molecule has 0 spiro atoms. The summed E-state index contributed by atoms with van der Waals surface area (Å²) in [5, 5.41) is 14.4. The van der Waals surface area contributed by atoms with Gasteiger partial charge in [-0.3, -0.25) is 19.8 Å². The molecule has 10 nitrogen and oxygen atoms in total. The number of hydrogen-bond donors (Lipinski definition) is 1. The number of amides is 1. The lowest BCUT2D eigenvalue weighted by molar-refractivity contribution is -0.384. The number of hydrogen-bond acceptors (Lipinski definition) is 7. The van der Waals surface area contributed by atoms with E-state index in [1.807, 2.05) is 0 Å². The largest absolute Gasteiger partial charge is 0.330 e. The number of carbonyl (C=O) groups is 1. The Morgan fingerprint density at radius 1 is 1.55 bits per heavy atom. The number of anilines is 1. The Balaban J connectivity index is 2.45. The predicted molar refractivity (Wildman–Crippen MR) is 67.6 cm³/mol. The van der Waals surface area contributed by atoms with E-state index in [1.165, 1.54) is 0 Å². The fourth-order valence-electron chi connectivity index (χ4n) is 1.77. The van der Waals surface area contributed by atoms with Gasteiger partial charge in [-0.2, -0.15) is 4.98 Å². The topological polar surface area (TPSA) is 149 Å². The monoisotopic (exact) mass is 321 g/mol. The molecule has 2 heterocycles. The van der Waals surface area contributed by atoms with Crippen LogP contribution < -0.4 is 10.0 Å². The summed E-state index contributed by atoms with van der Waals surface area (Å²) in [6, 6.07) is 0. The highest BCUT2D eigenvalue weighted by Gasteiger charge is 2.40. The zero-order valence-electron chi connectivity index (χ0n) is 9.76. The zero-order chi connectivity index (χ0) is 15.1. The lowest BCUT2D eigenvalue weighted by Gasteiger charge is -2.14. The van der Waals surface area contributed by atoms with Gasteiger partial charge in [0.1, 0.15) is 11.4 Å². The minimum atomic E-state index is -3.93. The third-order valence-electron chi connectivity index (χ3n) is 2.73. The fourth-order valence-corrected chi connectivity index (χ4v) is 2.63. The Bertz CT molecular complexity index is 692. The van der Waals surface area contributed by atoms with Gasteiger partial charge < -0.3 is 0 Å².